The molecule has 2 aromatic rings. The van der Waals surface area contributed by atoms with E-state index >= 15 is 0 Å². The third-order valence-electron chi connectivity index (χ3n) is 3.17. The normalized spacial score (nSPS) is 12.4. The summed E-state index contributed by atoms with van der Waals surface area (Å²) in [5.41, 5.74) is 3.52. The molecule has 1 aromatic heterocycles. The lowest BCUT2D eigenvalue weighted by Crippen LogP contribution is -2.24. The molecule has 0 amide bonds. The van der Waals surface area contributed by atoms with Crippen LogP contribution in [0.15, 0.2) is 42.6 Å². The number of pyridine rings is 1. The molecule has 2 nitrogen and oxygen atoms in total. The Morgan fingerprint density at radius 3 is 2.74 bits per heavy atom. The van der Waals surface area contributed by atoms with Crippen LogP contribution in [0.2, 0.25) is 5.02 Å². The van der Waals surface area contributed by atoms with Crippen molar-refractivity contribution in [2.24, 2.45) is 0 Å². The molecule has 0 radical (unpaired) electrons. The first-order chi connectivity index (χ1) is 9.26. The molecule has 0 saturated carbocycles. The fourth-order valence-corrected chi connectivity index (χ4v) is 2.47. The van der Waals surface area contributed by atoms with Gasteiger partial charge in [0.1, 0.15) is 0 Å². The Bertz CT molecular complexity index is 540. The Kier molecular flexibility index (Phi) is 4.94. The van der Waals surface area contributed by atoms with Crippen LogP contribution in [0.25, 0.3) is 0 Å². The maximum absolute atomic E-state index is 6.10. The Labute approximate surface area is 119 Å². The number of rotatable bonds is 5. The number of aryl methyl sites for hydroxylation is 1. The zero-order valence-corrected chi connectivity index (χ0v) is 12.1. The van der Waals surface area contributed by atoms with Gasteiger partial charge in [0, 0.05) is 11.2 Å². The van der Waals surface area contributed by atoms with Crippen LogP contribution in [0.5, 0.6) is 0 Å². The quantitative estimate of drug-likeness (QED) is 0.892. The van der Waals surface area contributed by atoms with E-state index in [2.05, 4.69) is 36.3 Å². The molecule has 100 valence electrons. The average molecular weight is 275 g/mol. The molecule has 0 aliphatic heterocycles. The van der Waals surface area contributed by atoms with Crippen LogP contribution in [0.3, 0.4) is 0 Å². The Morgan fingerprint density at radius 1 is 1.21 bits per heavy atom. The van der Waals surface area contributed by atoms with Gasteiger partial charge < -0.3 is 5.32 Å². The van der Waals surface area contributed by atoms with E-state index in [0.717, 1.165) is 29.2 Å². The van der Waals surface area contributed by atoms with Crippen molar-refractivity contribution in [3.05, 3.63) is 64.4 Å². The average Bonchev–Trinajstić information content (AvgIpc) is 2.45. The summed E-state index contributed by atoms with van der Waals surface area (Å²) in [6.07, 6.45) is 2.83. The maximum atomic E-state index is 6.10. The second-order valence-corrected chi connectivity index (χ2v) is 4.88. The highest BCUT2D eigenvalue weighted by Gasteiger charge is 2.17. The largest absolute Gasteiger partial charge is 0.305 e. The van der Waals surface area contributed by atoms with Gasteiger partial charge in [-0.05, 0) is 42.3 Å². The summed E-state index contributed by atoms with van der Waals surface area (Å²) in [5.74, 6) is 0. The molecule has 2 rings (SSSR count). The smallest absolute Gasteiger partial charge is 0.0754 e. The second-order valence-electron chi connectivity index (χ2n) is 4.45. The molecule has 1 unspecified atom stereocenters. The zero-order chi connectivity index (χ0) is 13.7. The maximum Gasteiger partial charge on any atom is 0.0754 e. The Hall–Kier alpha value is -1.38. The van der Waals surface area contributed by atoms with Crippen molar-refractivity contribution in [2.45, 2.75) is 26.3 Å². The van der Waals surface area contributed by atoms with Gasteiger partial charge in [0.25, 0.3) is 0 Å². The summed E-state index contributed by atoms with van der Waals surface area (Å²) >= 11 is 6.10. The minimum absolute atomic E-state index is 0.0971. The lowest BCUT2D eigenvalue weighted by molar-refractivity contribution is 0.609. The van der Waals surface area contributed by atoms with E-state index < -0.39 is 0 Å². The lowest BCUT2D eigenvalue weighted by atomic mass is 9.98. The van der Waals surface area contributed by atoms with E-state index in [1.165, 1.54) is 5.56 Å². The summed E-state index contributed by atoms with van der Waals surface area (Å²) in [6, 6.07) is 12.2. The molecule has 0 bridgehead atoms. The molecule has 1 atom stereocenters. The molecular formula is C16H19ClN2. The monoisotopic (exact) mass is 274 g/mol. The van der Waals surface area contributed by atoms with Gasteiger partial charge in [-0.25, -0.2) is 0 Å². The van der Waals surface area contributed by atoms with Crippen molar-refractivity contribution in [2.75, 3.05) is 6.54 Å². The highest BCUT2D eigenvalue weighted by molar-refractivity contribution is 6.30. The molecule has 0 saturated heterocycles. The van der Waals surface area contributed by atoms with Gasteiger partial charge in [-0.3, -0.25) is 4.98 Å². The fourth-order valence-electron chi connectivity index (χ4n) is 2.27. The second kappa shape index (κ2) is 6.69. The van der Waals surface area contributed by atoms with Gasteiger partial charge in [0.15, 0.2) is 0 Å². The fraction of sp³-hybridized carbons (Fsp3) is 0.312. The third-order valence-corrected chi connectivity index (χ3v) is 3.41. The minimum atomic E-state index is 0.0971. The van der Waals surface area contributed by atoms with Crippen LogP contribution in [0.4, 0.5) is 0 Å². The molecule has 0 aliphatic carbocycles. The molecule has 1 N–H and O–H groups in total. The van der Waals surface area contributed by atoms with E-state index in [9.17, 15) is 0 Å². The van der Waals surface area contributed by atoms with Crippen LogP contribution < -0.4 is 5.32 Å². The van der Waals surface area contributed by atoms with Crippen LogP contribution in [-0.4, -0.2) is 11.5 Å². The van der Waals surface area contributed by atoms with Crippen LogP contribution in [0.1, 0.15) is 36.7 Å². The van der Waals surface area contributed by atoms with Crippen molar-refractivity contribution < 1.29 is 0 Å². The first-order valence-electron chi connectivity index (χ1n) is 6.68. The van der Waals surface area contributed by atoms with Gasteiger partial charge in [0.2, 0.25) is 0 Å². The highest BCUT2D eigenvalue weighted by atomic mass is 35.5. The van der Waals surface area contributed by atoms with Crippen LogP contribution >= 0.6 is 11.6 Å². The first-order valence-corrected chi connectivity index (χ1v) is 7.06. The Morgan fingerprint density at radius 2 is 2.05 bits per heavy atom. The van der Waals surface area contributed by atoms with Crippen molar-refractivity contribution >= 4 is 11.6 Å². The van der Waals surface area contributed by atoms with E-state index in [4.69, 9.17) is 11.6 Å². The van der Waals surface area contributed by atoms with Crippen LogP contribution in [-0.2, 0) is 6.42 Å². The highest BCUT2D eigenvalue weighted by Crippen LogP contribution is 2.25. The van der Waals surface area contributed by atoms with E-state index in [-0.39, 0.29) is 6.04 Å². The summed E-state index contributed by atoms with van der Waals surface area (Å²) in [7, 11) is 0. The number of halogens is 1. The van der Waals surface area contributed by atoms with Gasteiger partial charge >= 0.3 is 0 Å². The Balaban J connectivity index is 2.45. The topological polar surface area (TPSA) is 24.9 Å². The van der Waals surface area contributed by atoms with Crippen LogP contribution in [0, 0.1) is 0 Å². The standard InChI is InChI=1S/C16H19ClN2/c1-3-12-8-6-10-19-15(12)16(18-4-2)13-7-5-9-14(17)11-13/h5-11,16,18H,3-4H2,1-2H3. The molecule has 1 heterocycles. The SMILES string of the molecule is CCNC(c1cccc(Cl)c1)c1ncccc1CC. The summed E-state index contributed by atoms with van der Waals surface area (Å²) in [4.78, 5) is 4.57. The molecular weight excluding hydrogens is 256 g/mol. The first kappa shape index (κ1) is 14.0. The van der Waals surface area contributed by atoms with E-state index in [1.54, 1.807) is 0 Å². The van der Waals surface area contributed by atoms with Crippen molar-refractivity contribution in [1.82, 2.24) is 10.3 Å². The van der Waals surface area contributed by atoms with Crippen molar-refractivity contribution in [3.63, 3.8) is 0 Å². The number of benzene rings is 1. The number of hydrogen-bond donors (Lipinski definition) is 1. The van der Waals surface area contributed by atoms with Crippen molar-refractivity contribution in [3.8, 4) is 0 Å². The number of nitrogens with zero attached hydrogens (tertiary/aromatic N) is 1. The van der Waals surface area contributed by atoms with Gasteiger partial charge in [-0.15, -0.1) is 0 Å². The lowest BCUT2D eigenvalue weighted by Gasteiger charge is -2.20. The van der Waals surface area contributed by atoms with Gasteiger partial charge in [-0.2, -0.15) is 0 Å². The molecule has 0 fully saturated rings. The van der Waals surface area contributed by atoms with Crippen molar-refractivity contribution in [1.29, 1.82) is 0 Å². The van der Waals surface area contributed by atoms with Gasteiger partial charge in [-0.1, -0.05) is 43.6 Å². The molecule has 0 spiro atoms. The zero-order valence-electron chi connectivity index (χ0n) is 11.4. The predicted octanol–water partition coefficient (Wildman–Crippen LogP) is 4.00. The van der Waals surface area contributed by atoms with E-state index in [0.29, 0.717) is 0 Å². The molecule has 1 aromatic carbocycles. The van der Waals surface area contributed by atoms with E-state index in [1.807, 2.05) is 30.5 Å². The number of nitrogens with one attached hydrogen (secondary N) is 1. The summed E-state index contributed by atoms with van der Waals surface area (Å²) < 4.78 is 0. The minimum Gasteiger partial charge on any atom is -0.305 e. The number of aromatic nitrogens is 1. The molecule has 19 heavy (non-hydrogen) atoms. The molecule has 3 heteroatoms. The third kappa shape index (κ3) is 3.34. The van der Waals surface area contributed by atoms with Gasteiger partial charge in [0.05, 0.1) is 11.7 Å². The summed E-state index contributed by atoms with van der Waals surface area (Å²) in [6.45, 7) is 5.14. The predicted molar refractivity (Wildman–Crippen MR) is 80.6 cm³/mol. The molecule has 0 aliphatic rings. The summed E-state index contributed by atoms with van der Waals surface area (Å²) in [5, 5.41) is 4.25. The number of hydrogen-bond acceptors (Lipinski definition) is 2.